The fourth-order valence-corrected chi connectivity index (χ4v) is 2.98. The number of hydrogen-bond donors (Lipinski definition) is 1. The van der Waals surface area contributed by atoms with E-state index in [-0.39, 0.29) is 9.50 Å². The molecule has 122 valence electrons. The van der Waals surface area contributed by atoms with Crippen LogP contribution in [0.25, 0.3) is 0 Å². The highest BCUT2D eigenvalue weighted by Gasteiger charge is 2.36. The first-order valence-corrected chi connectivity index (χ1v) is 7.66. The molecule has 0 radical (unpaired) electrons. The lowest BCUT2D eigenvalue weighted by molar-refractivity contribution is -0.137. The van der Waals surface area contributed by atoms with Crippen LogP contribution in [0, 0.1) is 0 Å². The van der Waals surface area contributed by atoms with E-state index in [9.17, 15) is 18.0 Å². The monoisotopic (exact) mass is 399 g/mol. The van der Waals surface area contributed by atoms with Gasteiger partial charge in [0.1, 0.15) is 0 Å². The third-order valence-electron chi connectivity index (χ3n) is 3.38. The van der Waals surface area contributed by atoms with Gasteiger partial charge in [-0.2, -0.15) is 13.2 Å². The Morgan fingerprint density at radius 2 is 1.86 bits per heavy atom. The normalized spacial score (nSPS) is 16.7. The van der Waals surface area contributed by atoms with Crippen LogP contribution in [-0.2, 0) is 6.18 Å². The molecule has 4 nitrogen and oxygen atoms in total. The highest BCUT2D eigenvalue weighted by atomic mass is 79.9. The van der Waals surface area contributed by atoms with Gasteiger partial charge in [0.2, 0.25) is 0 Å². The zero-order chi connectivity index (χ0) is 16.5. The van der Waals surface area contributed by atoms with E-state index in [1.165, 1.54) is 11.0 Å². The molecule has 0 aliphatic carbocycles. The zero-order valence-corrected chi connectivity index (χ0v) is 14.0. The molecule has 1 aliphatic rings. The van der Waals surface area contributed by atoms with Crippen molar-refractivity contribution in [3.63, 3.8) is 0 Å². The van der Waals surface area contributed by atoms with E-state index in [0.29, 0.717) is 26.2 Å². The van der Waals surface area contributed by atoms with Crippen LogP contribution in [0.1, 0.15) is 5.56 Å². The summed E-state index contributed by atoms with van der Waals surface area (Å²) in [5, 5.41) is 2.13. The fraction of sp³-hybridized carbons (Fsp3) is 0.462. The highest BCUT2D eigenvalue weighted by Crippen LogP contribution is 2.40. The molecule has 2 rings (SSSR count). The Morgan fingerprint density at radius 1 is 1.27 bits per heavy atom. The smallest absolute Gasteiger partial charge is 0.322 e. The number of alkyl halides is 3. The van der Waals surface area contributed by atoms with Crippen LogP contribution in [0.4, 0.5) is 23.7 Å². The molecule has 0 unspecified atom stereocenters. The van der Waals surface area contributed by atoms with Gasteiger partial charge in [-0.05, 0) is 19.2 Å². The SMILES string of the molecule is CN1CCN(C(=O)Nc2c(Cl)cc(Br)cc2C(F)(F)F)CC1. The predicted octanol–water partition coefficient (Wildman–Crippen LogP) is 3.90. The summed E-state index contributed by atoms with van der Waals surface area (Å²) >= 11 is 8.85. The second-order valence-corrected chi connectivity index (χ2v) is 6.35. The molecule has 1 fully saturated rings. The quantitative estimate of drug-likeness (QED) is 0.776. The first kappa shape index (κ1) is 17.4. The molecular formula is C13H14BrClF3N3O. The van der Waals surface area contributed by atoms with Crippen LogP contribution in [0.5, 0.6) is 0 Å². The molecule has 1 aliphatic heterocycles. The van der Waals surface area contributed by atoms with Gasteiger partial charge < -0.3 is 15.1 Å². The lowest BCUT2D eigenvalue weighted by Crippen LogP contribution is -2.48. The standard InChI is InChI=1S/C13H14BrClF3N3O/c1-20-2-4-21(5-3-20)12(22)19-11-9(13(16,17)18)6-8(14)7-10(11)15/h6-7H,2-5H2,1H3,(H,19,22). The van der Waals surface area contributed by atoms with E-state index in [0.717, 1.165) is 6.07 Å². The van der Waals surface area contributed by atoms with Gasteiger partial charge in [0, 0.05) is 30.7 Å². The van der Waals surface area contributed by atoms with Gasteiger partial charge in [0.05, 0.1) is 16.3 Å². The molecule has 0 spiro atoms. The van der Waals surface area contributed by atoms with Crippen molar-refractivity contribution in [3.05, 3.63) is 27.2 Å². The Kier molecular flexibility index (Phi) is 5.24. The van der Waals surface area contributed by atoms with E-state index >= 15 is 0 Å². The molecule has 1 aromatic carbocycles. The van der Waals surface area contributed by atoms with Crippen molar-refractivity contribution in [2.24, 2.45) is 0 Å². The number of halogens is 5. The van der Waals surface area contributed by atoms with Gasteiger partial charge in [0.15, 0.2) is 0 Å². The maximum Gasteiger partial charge on any atom is 0.418 e. The Bertz CT molecular complexity index is 574. The first-order valence-electron chi connectivity index (χ1n) is 6.49. The molecule has 0 atom stereocenters. The van der Waals surface area contributed by atoms with Gasteiger partial charge in [-0.3, -0.25) is 0 Å². The molecule has 1 N–H and O–H groups in total. The molecule has 0 aromatic heterocycles. The molecular weight excluding hydrogens is 387 g/mol. The summed E-state index contributed by atoms with van der Waals surface area (Å²) in [6.07, 6.45) is -4.61. The number of carbonyl (C=O) groups excluding carboxylic acids is 1. The van der Waals surface area contributed by atoms with Gasteiger partial charge in [-0.1, -0.05) is 27.5 Å². The predicted molar refractivity (Wildman–Crippen MR) is 82.2 cm³/mol. The Labute approximate surface area is 139 Å². The van der Waals surface area contributed by atoms with Crippen LogP contribution in [-0.4, -0.2) is 49.1 Å². The van der Waals surface area contributed by atoms with Crippen molar-refractivity contribution in [3.8, 4) is 0 Å². The molecule has 1 saturated heterocycles. The summed E-state index contributed by atoms with van der Waals surface area (Å²) in [5.41, 5.74) is -1.39. The summed E-state index contributed by atoms with van der Waals surface area (Å²) in [5.74, 6) is 0. The fourth-order valence-electron chi connectivity index (χ4n) is 2.12. The summed E-state index contributed by atoms with van der Waals surface area (Å²) in [6.45, 7) is 2.26. The average Bonchev–Trinajstić information content (AvgIpc) is 2.41. The Hall–Kier alpha value is -0.990. The lowest BCUT2D eigenvalue weighted by Gasteiger charge is -2.32. The number of rotatable bonds is 1. The van der Waals surface area contributed by atoms with Crippen molar-refractivity contribution in [1.29, 1.82) is 0 Å². The lowest BCUT2D eigenvalue weighted by atomic mass is 10.1. The Balaban J connectivity index is 2.23. The van der Waals surface area contributed by atoms with E-state index in [2.05, 4.69) is 21.2 Å². The van der Waals surface area contributed by atoms with Crippen molar-refractivity contribution in [2.75, 3.05) is 38.5 Å². The minimum absolute atomic E-state index is 0.163. The number of nitrogens with zero attached hydrogens (tertiary/aromatic N) is 2. The highest BCUT2D eigenvalue weighted by molar-refractivity contribution is 9.10. The topological polar surface area (TPSA) is 35.6 Å². The van der Waals surface area contributed by atoms with Crippen molar-refractivity contribution in [2.45, 2.75) is 6.18 Å². The largest absolute Gasteiger partial charge is 0.418 e. The number of likely N-dealkylation sites (N-methyl/N-ethyl adjacent to an activating group) is 1. The van der Waals surface area contributed by atoms with Gasteiger partial charge in [0.25, 0.3) is 0 Å². The number of nitrogens with one attached hydrogen (secondary N) is 1. The minimum Gasteiger partial charge on any atom is -0.322 e. The van der Waals surface area contributed by atoms with Crippen LogP contribution >= 0.6 is 27.5 Å². The maximum atomic E-state index is 13.1. The maximum absolute atomic E-state index is 13.1. The van der Waals surface area contributed by atoms with E-state index < -0.39 is 23.5 Å². The average molecular weight is 401 g/mol. The number of anilines is 1. The van der Waals surface area contributed by atoms with Crippen LogP contribution in [0.2, 0.25) is 5.02 Å². The summed E-state index contributed by atoms with van der Waals surface area (Å²) < 4.78 is 39.5. The van der Waals surface area contributed by atoms with E-state index in [1.807, 2.05) is 11.9 Å². The van der Waals surface area contributed by atoms with Gasteiger partial charge in [-0.25, -0.2) is 4.79 Å². The zero-order valence-electron chi connectivity index (χ0n) is 11.7. The number of carbonyl (C=O) groups is 1. The molecule has 0 bridgehead atoms. The number of benzene rings is 1. The van der Waals surface area contributed by atoms with Crippen molar-refractivity contribution >= 4 is 39.2 Å². The molecule has 1 aromatic rings. The molecule has 2 amide bonds. The van der Waals surface area contributed by atoms with Gasteiger partial charge >= 0.3 is 12.2 Å². The molecule has 1 heterocycles. The van der Waals surface area contributed by atoms with E-state index in [1.54, 1.807) is 0 Å². The first-order chi connectivity index (χ1) is 10.2. The number of hydrogen-bond acceptors (Lipinski definition) is 2. The summed E-state index contributed by atoms with van der Waals surface area (Å²) in [7, 11) is 1.92. The Morgan fingerprint density at radius 3 is 2.41 bits per heavy atom. The van der Waals surface area contributed by atoms with Crippen LogP contribution in [0.15, 0.2) is 16.6 Å². The van der Waals surface area contributed by atoms with Gasteiger partial charge in [-0.15, -0.1) is 0 Å². The van der Waals surface area contributed by atoms with Crippen LogP contribution in [0.3, 0.4) is 0 Å². The summed E-state index contributed by atoms with van der Waals surface area (Å²) in [4.78, 5) is 15.7. The van der Waals surface area contributed by atoms with Crippen molar-refractivity contribution < 1.29 is 18.0 Å². The number of amides is 2. The third-order valence-corrected chi connectivity index (χ3v) is 4.14. The molecule has 22 heavy (non-hydrogen) atoms. The second-order valence-electron chi connectivity index (χ2n) is 5.03. The van der Waals surface area contributed by atoms with E-state index in [4.69, 9.17) is 11.6 Å². The molecule has 0 saturated carbocycles. The number of urea groups is 1. The molecule has 9 heteroatoms. The number of piperazine rings is 1. The van der Waals surface area contributed by atoms with Crippen molar-refractivity contribution in [1.82, 2.24) is 9.80 Å². The summed E-state index contributed by atoms with van der Waals surface area (Å²) in [6, 6.07) is 1.63. The second kappa shape index (κ2) is 6.64. The minimum atomic E-state index is -4.61. The van der Waals surface area contributed by atoms with Crippen LogP contribution < -0.4 is 5.32 Å². The third kappa shape index (κ3) is 4.05.